The molecule has 0 aliphatic rings. The fourth-order valence-corrected chi connectivity index (χ4v) is 0.810. The zero-order chi connectivity index (χ0) is 9.61. The number of hydroxylamine groups is 1. The molecule has 0 saturated heterocycles. The Kier molecular flexibility index (Phi) is 4.53. The standard InChI is InChI=1S/C4H8NO6P/c1-2-3-10-12(8,9)11-5-4(6)7/h2,5H,1,3H2,(H,6,7)(H,8,9). The molecule has 0 bridgehead atoms. The third-order valence-electron chi connectivity index (χ3n) is 0.604. The summed E-state index contributed by atoms with van der Waals surface area (Å²) in [7, 11) is -4.33. The van der Waals surface area contributed by atoms with Crippen LogP contribution in [0.5, 0.6) is 0 Å². The Balaban J connectivity index is 3.78. The van der Waals surface area contributed by atoms with Gasteiger partial charge in [0.25, 0.3) is 0 Å². The van der Waals surface area contributed by atoms with Gasteiger partial charge in [-0.3, -0.25) is 4.52 Å². The van der Waals surface area contributed by atoms with E-state index in [0.29, 0.717) is 0 Å². The third kappa shape index (κ3) is 5.87. The molecule has 8 heteroatoms. The SMILES string of the molecule is C=CCOP(=O)(O)ONC(=O)O. The topological polar surface area (TPSA) is 105 Å². The van der Waals surface area contributed by atoms with Crippen LogP contribution >= 0.6 is 7.82 Å². The molecule has 0 heterocycles. The van der Waals surface area contributed by atoms with Crippen LogP contribution in [-0.4, -0.2) is 22.7 Å². The van der Waals surface area contributed by atoms with Gasteiger partial charge in [-0.05, 0) is 0 Å². The lowest BCUT2D eigenvalue weighted by atomic mass is 10.7. The molecule has 1 amide bonds. The first kappa shape index (κ1) is 11.1. The Labute approximate surface area is 68.2 Å². The molecule has 12 heavy (non-hydrogen) atoms. The highest BCUT2D eigenvalue weighted by Gasteiger charge is 2.21. The van der Waals surface area contributed by atoms with E-state index in [1.54, 1.807) is 0 Å². The van der Waals surface area contributed by atoms with Gasteiger partial charge < -0.3 is 10.00 Å². The van der Waals surface area contributed by atoms with Crippen molar-refractivity contribution in [3.63, 3.8) is 0 Å². The van der Waals surface area contributed by atoms with Crippen LogP contribution in [-0.2, 0) is 13.7 Å². The number of hydrogen-bond acceptors (Lipinski definition) is 4. The van der Waals surface area contributed by atoms with E-state index in [9.17, 15) is 9.36 Å². The number of hydrogen-bond donors (Lipinski definition) is 3. The van der Waals surface area contributed by atoms with E-state index in [0.717, 1.165) is 0 Å². The van der Waals surface area contributed by atoms with Gasteiger partial charge in [0, 0.05) is 0 Å². The van der Waals surface area contributed by atoms with Crippen molar-refractivity contribution in [1.82, 2.24) is 5.48 Å². The van der Waals surface area contributed by atoms with Gasteiger partial charge in [0.05, 0.1) is 6.61 Å². The van der Waals surface area contributed by atoms with Gasteiger partial charge in [0.1, 0.15) is 0 Å². The van der Waals surface area contributed by atoms with Crippen molar-refractivity contribution >= 4 is 13.9 Å². The predicted molar refractivity (Wildman–Crippen MR) is 38.2 cm³/mol. The second-order valence-corrected chi connectivity index (χ2v) is 2.93. The number of rotatable bonds is 5. The summed E-state index contributed by atoms with van der Waals surface area (Å²) >= 11 is 0. The number of nitrogens with one attached hydrogen (secondary N) is 1. The Hall–Kier alpha value is -0.880. The van der Waals surface area contributed by atoms with E-state index >= 15 is 0 Å². The molecule has 3 N–H and O–H groups in total. The van der Waals surface area contributed by atoms with Crippen LogP contribution in [0.2, 0.25) is 0 Å². The van der Waals surface area contributed by atoms with Gasteiger partial charge in [-0.1, -0.05) is 6.08 Å². The monoisotopic (exact) mass is 197 g/mol. The maximum Gasteiger partial charge on any atom is 0.494 e. The minimum absolute atomic E-state index is 0.213. The summed E-state index contributed by atoms with van der Waals surface area (Å²) < 4.78 is 18.6. The Morgan fingerprint density at radius 1 is 1.75 bits per heavy atom. The highest BCUT2D eigenvalue weighted by atomic mass is 31.2. The zero-order valence-electron chi connectivity index (χ0n) is 5.97. The molecule has 0 radical (unpaired) electrons. The van der Waals surface area contributed by atoms with Crippen molar-refractivity contribution in [2.75, 3.05) is 6.61 Å². The van der Waals surface area contributed by atoms with Gasteiger partial charge in [-0.25, -0.2) is 9.36 Å². The lowest BCUT2D eigenvalue weighted by Crippen LogP contribution is -2.20. The third-order valence-corrected chi connectivity index (χ3v) is 1.40. The lowest BCUT2D eigenvalue weighted by molar-refractivity contribution is 0.0913. The Bertz CT molecular complexity index is 216. The van der Waals surface area contributed by atoms with Gasteiger partial charge in [0.15, 0.2) is 0 Å². The van der Waals surface area contributed by atoms with Crippen LogP contribution in [0.4, 0.5) is 4.79 Å². The largest absolute Gasteiger partial charge is 0.494 e. The normalized spacial score (nSPS) is 14.8. The summed E-state index contributed by atoms with van der Waals surface area (Å²) in [6.07, 6.45) is -0.376. The van der Waals surface area contributed by atoms with Gasteiger partial charge in [0.2, 0.25) is 0 Å². The second-order valence-electron chi connectivity index (χ2n) is 1.55. The molecule has 0 aliphatic heterocycles. The average Bonchev–Trinajstić information content (AvgIpc) is 1.98. The first-order valence-corrected chi connectivity index (χ1v) is 4.23. The molecule has 0 fully saturated rings. The van der Waals surface area contributed by atoms with Crippen LogP contribution in [0.15, 0.2) is 12.7 Å². The fraction of sp³-hybridized carbons (Fsp3) is 0.250. The quantitative estimate of drug-likeness (QED) is 0.336. The Morgan fingerprint density at radius 3 is 2.75 bits per heavy atom. The van der Waals surface area contributed by atoms with Crippen LogP contribution in [0.1, 0.15) is 0 Å². The van der Waals surface area contributed by atoms with E-state index in [2.05, 4.69) is 15.7 Å². The minimum Gasteiger partial charge on any atom is -0.464 e. The van der Waals surface area contributed by atoms with Crippen LogP contribution in [0.25, 0.3) is 0 Å². The smallest absolute Gasteiger partial charge is 0.464 e. The molecule has 0 rings (SSSR count). The van der Waals surface area contributed by atoms with E-state index in [1.165, 1.54) is 11.6 Å². The highest BCUT2D eigenvalue weighted by Crippen LogP contribution is 2.41. The number of phosphoric ester groups is 1. The van der Waals surface area contributed by atoms with Crippen molar-refractivity contribution in [2.24, 2.45) is 0 Å². The number of carbonyl (C=O) groups is 1. The summed E-state index contributed by atoms with van der Waals surface area (Å²) in [5, 5.41) is 7.96. The number of carboxylic acid groups (broad SMARTS) is 1. The van der Waals surface area contributed by atoms with Gasteiger partial charge in [-0.2, -0.15) is 10.1 Å². The van der Waals surface area contributed by atoms with Crippen molar-refractivity contribution in [3.05, 3.63) is 12.7 Å². The van der Waals surface area contributed by atoms with E-state index < -0.39 is 13.9 Å². The zero-order valence-corrected chi connectivity index (χ0v) is 6.86. The van der Waals surface area contributed by atoms with Crippen molar-refractivity contribution < 1.29 is 28.5 Å². The molecule has 0 aromatic carbocycles. The maximum atomic E-state index is 10.6. The molecule has 7 nitrogen and oxygen atoms in total. The Morgan fingerprint density at radius 2 is 2.33 bits per heavy atom. The van der Waals surface area contributed by atoms with E-state index in [4.69, 9.17) is 10.00 Å². The van der Waals surface area contributed by atoms with Crippen LogP contribution in [0.3, 0.4) is 0 Å². The van der Waals surface area contributed by atoms with Crippen molar-refractivity contribution in [2.45, 2.75) is 0 Å². The molecule has 1 atom stereocenters. The molecule has 70 valence electrons. The molecule has 0 aromatic rings. The highest BCUT2D eigenvalue weighted by molar-refractivity contribution is 7.47. The van der Waals surface area contributed by atoms with Crippen LogP contribution in [0, 0.1) is 0 Å². The summed E-state index contributed by atoms with van der Waals surface area (Å²) in [5.74, 6) is 0. The maximum absolute atomic E-state index is 10.6. The molecular weight excluding hydrogens is 189 g/mol. The van der Waals surface area contributed by atoms with Gasteiger partial charge in [-0.15, -0.1) is 6.58 Å². The van der Waals surface area contributed by atoms with Crippen molar-refractivity contribution in [1.29, 1.82) is 0 Å². The molecule has 0 spiro atoms. The summed E-state index contributed by atoms with van der Waals surface area (Å²) in [6, 6.07) is 0. The van der Waals surface area contributed by atoms with Crippen LogP contribution < -0.4 is 5.48 Å². The summed E-state index contributed by atoms with van der Waals surface area (Å²) in [6.45, 7) is 3.00. The molecular formula is C4H8NO6P. The number of amides is 1. The summed E-state index contributed by atoms with van der Waals surface area (Å²) in [5.41, 5.74) is 1.24. The number of phosphoric acid groups is 1. The minimum atomic E-state index is -4.33. The molecule has 1 unspecified atom stereocenters. The fourth-order valence-electron chi connectivity index (χ4n) is 0.270. The molecule has 0 aliphatic carbocycles. The first-order chi connectivity index (χ1) is 5.48. The van der Waals surface area contributed by atoms with E-state index in [-0.39, 0.29) is 6.61 Å². The average molecular weight is 197 g/mol. The molecule has 0 aromatic heterocycles. The van der Waals surface area contributed by atoms with E-state index in [1.807, 2.05) is 0 Å². The lowest BCUT2D eigenvalue weighted by Gasteiger charge is -2.08. The first-order valence-electron chi connectivity index (χ1n) is 2.73. The summed E-state index contributed by atoms with van der Waals surface area (Å²) in [4.78, 5) is 18.4. The van der Waals surface area contributed by atoms with Crippen molar-refractivity contribution in [3.8, 4) is 0 Å². The second kappa shape index (κ2) is 4.89. The van der Waals surface area contributed by atoms with Gasteiger partial charge >= 0.3 is 13.9 Å². The molecule has 0 saturated carbocycles. The predicted octanol–water partition coefficient (Wildman–Crippen LogP) is 0.489.